The molecule has 1 saturated carbocycles. The smallest absolute Gasteiger partial charge is 0.416 e. The third kappa shape index (κ3) is 3.97. The summed E-state index contributed by atoms with van der Waals surface area (Å²) in [6, 6.07) is 5.11. The van der Waals surface area contributed by atoms with Gasteiger partial charge in [0.2, 0.25) is 0 Å². The molecule has 2 rings (SSSR count). The van der Waals surface area contributed by atoms with Crippen molar-refractivity contribution in [1.82, 2.24) is 5.32 Å². The molecule has 116 valence electrons. The lowest BCUT2D eigenvalue weighted by molar-refractivity contribution is -0.141. The second-order valence-corrected chi connectivity index (χ2v) is 5.37. The van der Waals surface area contributed by atoms with Gasteiger partial charge in [0, 0.05) is 12.6 Å². The van der Waals surface area contributed by atoms with Crippen LogP contribution in [0.4, 0.5) is 13.2 Å². The lowest BCUT2D eigenvalue weighted by Crippen LogP contribution is -2.34. The minimum absolute atomic E-state index is 0.0209. The van der Waals surface area contributed by atoms with Gasteiger partial charge in [0.1, 0.15) is 0 Å². The van der Waals surface area contributed by atoms with E-state index in [1.54, 1.807) is 0 Å². The van der Waals surface area contributed by atoms with Crippen molar-refractivity contribution < 1.29 is 23.1 Å². The summed E-state index contributed by atoms with van der Waals surface area (Å²) < 4.78 is 39.0. The maximum absolute atomic E-state index is 13.0. The second kappa shape index (κ2) is 6.47. The molecule has 1 fully saturated rings. The van der Waals surface area contributed by atoms with Gasteiger partial charge in [-0.2, -0.15) is 13.2 Å². The van der Waals surface area contributed by atoms with Gasteiger partial charge in [-0.1, -0.05) is 31.0 Å². The number of carbonyl (C=O) groups is 1. The van der Waals surface area contributed by atoms with Crippen LogP contribution in [0.5, 0.6) is 0 Å². The highest BCUT2D eigenvalue weighted by molar-refractivity contribution is 5.77. The number of hydrogen-bond donors (Lipinski definition) is 2. The summed E-state index contributed by atoms with van der Waals surface area (Å²) in [6.45, 7) is 0.0209. The molecule has 1 unspecified atom stereocenters. The van der Waals surface area contributed by atoms with Crippen molar-refractivity contribution in [3.8, 4) is 0 Å². The quantitative estimate of drug-likeness (QED) is 0.876. The molecule has 21 heavy (non-hydrogen) atoms. The summed E-state index contributed by atoms with van der Waals surface area (Å²) in [5.41, 5.74) is -1.05. The summed E-state index contributed by atoms with van der Waals surface area (Å²) in [6.07, 6.45) is -0.485. The Morgan fingerprint density at radius 3 is 2.48 bits per heavy atom. The average Bonchev–Trinajstić information content (AvgIpc) is 2.91. The second-order valence-electron chi connectivity index (χ2n) is 5.37. The van der Waals surface area contributed by atoms with Crippen molar-refractivity contribution in [2.45, 2.75) is 43.8 Å². The van der Waals surface area contributed by atoms with Gasteiger partial charge in [0.25, 0.3) is 0 Å². The van der Waals surface area contributed by atoms with Gasteiger partial charge >= 0.3 is 12.1 Å². The highest BCUT2D eigenvalue weighted by Crippen LogP contribution is 2.35. The van der Waals surface area contributed by atoms with Crippen molar-refractivity contribution in [2.75, 3.05) is 6.54 Å². The summed E-state index contributed by atoms with van der Waals surface area (Å²) in [5.74, 6) is -2.43. The molecule has 0 saturated heterocycles. The number of carboxylic acids is 1. The minimum Gasteiger partial charge on any atom is -0.481 e. The van der Waals surface area contributed by atoms with Crippen LogP contribution in [0, 0.1) is 0 Å². The van der Waals surface area contributed by atoms with Gasteiger partial charge in [0.05, 0.1) is 11.5 Å². The van der Waals surface area contributed by atoms with E-state index in [2.05, 4.69) is 5.32 Å². The Balaban J connectivity index is 2.19. The molecule has 0 heterocycles. The molecule has 2 N–H and O–H groups in total. The molecule has 1 aliphatic carbocycles. The normalized spacial score (nSPS) is 17.9. The number of alkyl halides is 3. The summed E-state index contributed by atoms with van der Waals surface area (Å²) in [5, 5.41) is 12.4. The van der Waals surface area contributed by atoms with E-state index in [0.717, 1.165) is 31.7 Å². The molecule has 0 spiro atoms. The highest BCUT2D eigenvalue weighted by atomic mass is 19.4. The van der Waals surface area contributed by atoms with Crippen LogP contribution in [0.3, 0.4) is 0 Å². The summed E-state index contributed by atoms with van der Waals surface area (Å²) in [7, 11) is 0. The summed E-state index contributed by atoms with van der Waals surface area (Å²) in [4.78, 5) is 11.4. The van der Waals surface area contributed by atoms with Crippen LogP contribution in [-0.2, 0) is 11.0 Å². The minimum atomic E-state index is -4.54. The first-order valence-corrected chi connectivity index (χ1v) is 7.02. The number of carboxylic acid groups (broad SMARTS) is 1. The molecule has 1 aromatic rings. The molecule has 3 nitrogen and oxygen atoms in total. The molecular formula is C15H18F3NO2. The topological polar surface area (TPSA) is 49.3 Å². The van der Waals surface area contributed by atoms with Crippen molar-refractivity contribution in [3.05, 3.63) is 35.4 Å². The molecule has 1 aliphatic rings. The van der Waals surface area contributed by atoms with E-state index >= 15 is 0 Å². The lowest BCUT2D eigenvalue weighted by atomic mass is 9.93. The van der Waals surface area contributed by atoms with Gasteiger partial charge in [-0.25, -0.2) is 0 Å². The Bertz CT molecular complexity index is 496. The zero-order valence-corrected chi connectivity index (χ0v) is 11.5. The first-order chi connectivity index (χ1) is 9.89. The maximum Gasteiger partial charge on any atom is 0.416 e. The molecule has 0 aliphatic heterocycles. The number of halogens is 3. The van der Waals surface area contributed by atoms with Gasteiger partial charge in [-0.3, -0.25) is 4.79 Å². The Morgan fingerprint density at radius 2 is 1.90 bits per heavy atom. The molecule has 0 bridgehead atoms. The average molecular weight is 301 g/mol. The molecule has 1 atom stereocenters. The van der Waals surface area contributed by atoms with Crippen LogP contribution >= 0.6 is 0 Å². The fraction of sp³-hybridized carbons (Fsp3) is 0.533. The number of hydrogen-bond acceptors (Lipinski definition) is 2. The van der Waals surface area contributed by atoms with Crippen molar-refractivity contribution in [1.29, 1.82) is 0 Å². The number of benzene rings is 1. The van der Waals surface area contributed by atoms with E-state index in [9.17, 15) is 23.1 Å². The van der Waals surface area contributed by atoms with Gasteiger partial charge in [0.15, 0.2) is 0 Å². The van der Waals surface area contributed by atoms with Crippen molar-refractivity contribution in [2.24, 2.45) is 0 Å². The molecule has 0 amide bonds. The van der Waals surface area contributed by atoms with Crippen LogP contribution in [0.1, 0.15) is 42.7 Å². The van der Waals surface area contributed by atoms with E-state index < -0.39 is 23.6 Å². The van der Waals surface area contributed by atoms with E-state index in [1.807, 2.05) is 0 Å². The van der Waals surface area contributed by atoms with Crippen LogP contribution in [0.25, 0.3) is 0 Å². The van der Waals surface area contributed by atoms with Gasteiger partial charge in [-0.05, 0) is 24.5 Å². The van der Waals surface area contributed by atoms with Crippen molar-refractivity contribution >= 4 is 5.97 Å². The number of aliphatic carboxylic acids is 1. The lowest BCUT2D eigenvalue weighted by Gasteiger charge is -2.21. The summed E-state index contributed by atoms with van der Waals surface area (Å²) >= 11 is 0. The van der Waals surface area contributed by atoms with Crippen LogP contribution in [-0.4, -0.2) is 23.7 Å². The Kier molecular flexibility index (Phi) is 4.88. The predicted octanol–water partition coefficient (Wildman–Crippen LogP) is 3.41. The molecule has 0 aromatic heterocycles. The Hall–Kier alpha value is -1.56. The monoisotopic (exact) mass is 301 g/mol. The van der Waals surface area contributed by atoms with E-state index in [1.165, 1.54) is 18.2 Å². The first kappa shape index (κ1) is 15.8. The third-order valence-electron chi connectivity index (χ3n) is 3.91. The standard InChI is InChI=1S/C15H18F3NO2/c16-15(17,18)13-8-4-3-7-11(13)12(14(20)21)9-19-10-5-1-2-6-10/h3-4,7-8,10,12,19H,1-2,5-6,9H2,(H,20,21). The predicted molar refractivity (Wildman–Crippen MR) is 72.1 cm³/mol. The van der Waals surface area contributed by atoms with Crippen LogP contribution < -0.4 is 5.32 Å². The largest absolute Gasteiger partial charge is 0.481 e. The number of nitrogens with one attached hydrogen (secondary N) is 1. The highest BCUT2D eigenvalue weighted by Gasteiger charge is 2.36. The fourth-order valence-corrected chi connectivity index (χ4v) is 2.80. The van der Waals surface area contributed by atoms with E-state index in [0.29, 0.717) is 0 Å². The van der Waals surface area contributed by atoms with E-state index in [-0.39, 0.29) is 18.2 Å². The zero-order valence-electron chi connectivity index (χ0n) is 11.5. The maximum atomic E-state index is 13.0. The molecule has 6 heteroatoms. The SMILES string of the molecule is O=C(O)C(CNC1CCCC1)c1ccccc1C(F)(F)F. The molecular weight excluding hydrogens is 283 g/mol. The van der Waals surface area contributed by atoms with Crippen LogP contribution in [0.2, 0.25) is 0 Å². The fourth-order valence-electron chi connectivity index (χ4n) is 2.80. The van der Waals surface area contributed by atoms with E-state index in [4.69, 9.17) is 0 Å². The van der Waals surface area contributed by atoms with Gasteiger partial charge in [-0.15, -0.1) is 0 Å². The first-order valence-electron chi connectivity index (χ1n) is 7.02. The third-order valence-corrected chi connectivity index (χ3v) is 3.91. The molecule has 0 radical (unpaired) electrons. The number of rotatable bonds is 5. The van der Waals surface area contributed by atoms with Crippen molar-refractivity contribution in [3.63, 3.8) is 0 Å². The molecule has 1 aromatic carbocycles. The van der Waals surface area contributed by atoms with Gasteiger partial charge < -0.3 is 10.4 Å². The Labute approximate surface area is 121 Å². The van der Waals surface area contributed by atoms with Crippen LogP contribution in [0.15, 0.2) is 24.3 Å². The Morgan fingerprint density at radius 1 is 1.29 bits per heavy atom. The zero-order chi connectivity index (χ0) is 15.5.